The number of primary amides is 1. The molecule has 10 N–H and O–H groups in total. The summed E-state index contributed by atoms with van der Waals surface area (Å²) >= 11 is 0. The van der Waals surface area contributed by atoms with Gasteiger partial charge in [-0.3, -0.25) is 14.4 Å². The minimum absolute atomic E-state index is 0. The van der Waals surface area contributed by atoms with Gasteiger partial charge in [-0.15, -0.1) is 0 Å². The molecule has 120 valence electrons. The molecule has 0 fully saturated rings. The van der Waals surface area contributed by atoms with E-state index in [9.17, 15) is 14.4 Å². The molecule has 0 heterocycles. The fourth-order valence-corrected chi connectivity index (χ4v) is 1.05. The summed E-state index contributed by atoms with van der Waals surface area (Å²) in [5.74, 6) is -2.57. The molecule has 0 saturated heterocycles. The molecule has 2 atom stereocenters. The fraction of sp³-hybridized carbons (Fsp3) is 0.727. The van der Waals surface area contributed by atoms with E-state index in [1.54, 1.807) is 0 Å². The van der Waals surface area contributed by atoms with Crippen LogP contribution in [0.4, 0.5) is 0 Å². The van der Waals surface area contributed by atoms with Gasteiger partial charge in [0.05, 0.1) is 0 Å². The van der Waals surface area contributed by atoms with Crippen LogP contribution < -0.4 is 22.9 Å². The van der Waals surface area contributed by atoms with Crippen LogP contribution in [0.25, 0.3) is 0 Å². The monoisotopic (exact) mass is 356 g/mol. The van der Waals surface area contributed by atoms with Crippen molar-refractivity contribution in [2.24, 2.45) is 22.9 Å². The minimum atomic E-state index is -1.11. The summed E-state index contributed by atoms with van der Waals surface area (Å²) in [6.07, 6.45) is 2.29. The summed E-state index contributed by atoms with van der Waals surface area (Å²) in [6, 6.07) is -1.70. The predicted molar refractivity (Wildman–Crippen MR) is 72.6 cm³/mol. The topological polar surface area (TPSA) is 196 Å². The Hall–Kier alpha value is -1.09. The second-order valence-corrected chi connectivity index (χ2v) is 4.18. The van der Waals surface area contributed by atoms with E-state index in [4.69, 9.17) is 33.1 Å². The number of rotatable bonds is 9. The zero-order chi connectivity index (χ0) is 16.1. The third kappa shape index (κ3) is 18.9. The maximum atomic E-state index is 10.1. The van der Waals surface area contributed by atoms with Crippen molar-refractivity contribution in [1.82, 2.24) is 0 Å². The molecule has 2 unspecified atom stereocenters. The quantitative estimate of drug-likeness (QED) is 0.205. The molecule has 1 amide bonds. The van der Waals surface area contributed by atoms with Crippen LogP contribution in [0.15, 0.2) is 0 Å². The van der Waals surface area contributed by atoms with Gasteiger partial charge in [-0.25, -0.2) is 0 Å². The third-order valence-electron chi connectivity index (χ3n) is 2.31. The fourth-order valence-electron chi connectivity index (χ4n) is 1.05. The van der Waals surface area contributed by atoms with Crippen LogP contribution in [-0.2, 0) is 33.9 Å². The Labute approximate surface area is 136 Å². The van der Waals surface area contributed by atoms with Gasteiger partial charge in [-0.05, 0) is 25.8 Å². The van der Waals surface area contributed by atoms with E-state index >= 15 is 0 Å². The Morgan fingerprint density at radius 2 is 1.33 bits per heavy atom. The number of carboxylic acid groups (broad SMARTS) is 2. The van der Waals surface area contributed by atoms with Crippen molar-refractivity contribution in [1.29, 1.82) is 0 Å². The second kappa shape index (κ2) is 15.3. The van der Waals surface area contributed by atoms with Crippen molar-refractivity contribution in [3.8, 4) is 0 Å². The van der Waals surface area contributed by atoms with Crippen LogP contribution in [0, 0.1) is 0 Å². The number of unbranched alkanes of at least 4 members (excludes halogenated alkanes) is 1. The summed E-state index contributed by atoms with van der Waals surface area (Å²) in [4.78, 5) is 30.3. The van der Waals surface area contributed by atoms with Crippen LogP contribution in [0.3, 0.4) is 0 Å². The van der Waals surface area contributed by atoms with Crippen LogP contribution in [-0.4, -0.2) is 46.7 Å². The summed E-state index contributed by atoms with van der Waals surface area (Å²) in [7, 11) is 0. The number of amides is 1. The Bertz CT molecular complexity index is 317. The van der Waals surface area contributed by atoms with Gasteiger partial charge in [0.2, 0.25) is 5.91 Å². The van der Waals surface area contributed by atoms with E-state index in [0.717, 1.165) is 12.8 Å². The smallest absolute Gasteiger partial charge is 0.320 e. The van der Waals surface area contributed by atoms with E-state index < -0.39 is 29.9 Å². The molecule has 10 heteroatoms. The van der Waals surface area contributed by atoms with Gasteiger partial charge in [-0.2, -0.15) is 0 Å². The number of carbonyl (C=O) groups excluding carboxylic acids is 1. The zero-order valence-corrected chi connectivity index (χ0v) is 15.0. The van der Waals surface area contributed by atoms with Crippen molar-refractivity contribution >= 4 is 17.8 Å². The molecule has 0 aliphatic rings. The van der Waals surface area contributed by atoms with Crippen molar-refractivity contribution < 1.29 is 44.1 Å². The van der Waals surface area contributed by atoms with Gasteiger partial charge >= 0.3 is 11.9 Å². The SMILES string of the molecule is NC(=O)CCC(N)C(=O)O.NCCCCC(N)C(=O)O.[Zn]. The van der Waals surface area contributed by atoms with E-state index in [1.165, 1.54) is 0 Å². The molecule has 0 aliphatic heterocycles. The second-order valence-electron chi connectivity index (χ2n) is 4.18. The standard InChI is InChI=1S/C6H14N2O2.C5H10N2O3.Zn/c7-4-2-1-3-5(8)6(9)10;6-3(5(9)10)1-2-4(7)8;/h5H,1-4,7-8H2,(H,9,10);3H,1-2,6H2,(H2,7,8)(H,9,10);. The first kappa shape index (κ1) is 24.9. The average molecular weight is 358 g/mol. The molecular weight excluding hydrogens is 334 g/mol. The van der Waals surface area contributed by atoms with E-state index in [-0.39, 0.29) is 32.3 Å². The molecule has 21 heavy (non-hydrogen) atoms. The molecule has 0 aromatic rings. The number of carbonyl (C=O) groups is 3. The van der Waals surface area contributed by atoms with Gasteiger partial charge in [0.15, 0.2) is 0 Å². The molecule has 0 spiro atoms. The number of aliphatic carboxylic acids is 2. The van der Waals surface area contributed by atoms with Crippen molar-refractivity contribution in [2.75, 3.05) is 6.54 Å². The van der Waals surface area contributed by atoms with Crippen molar-refractivity contribution in [3.05, 3.63) is 0 Å². The maximum absolute atomic E-state index is 10.1. The molecule has 0 radical (unpaired) electrons. The number of nitrogens with two attached hydrogens (primary N) is 4. The van der Waals surface area contributed by atoms with E-state index in [0.29, 0.717) is 13.0 Å². The number of hydrogen-bond acceptors (Lipinski definition) is 6. The van der Waals surface area contributed by atoms with E-state index in [2.05, 4.69) is 0 Å². The normalized spacial score (nSPS) is 12.1. The molecular formula is C11H24N4O5Zn. The van der Waals surface area contributed by atoms with Gasteiger partial charge in [-0.1, -0.05) is 6.42 Å². The Morgan fingerprint density at radius 1 is 0.905 bits per heavy atom. The zero-order valence-electron chi connectivity index (χ0n) is 12.0. The van der Waals surface area contributed by atoms with Crippen molar-refractivity contribution in [2.45, 2.75) is 44.2 Å². The van der Waals surface area contributed by atoms with Crippen LogP contribution in [0.5, 0.6) is 0 Å². The predicted octanol–water partition coefficient (Wildman–Crippen LogP) is -1.81. The van der Waals surface area contributed by atoms with Crippen LogP contribution in [0.2, 0.25) is 0 Å². The Balaban J connectivity index is -0.000000295. The first-order chi connectivity index (χ1) is 9.22. The summed E-state index contributed by atoms with van der Waals surface area (Å²) in [5, 5.41) is 16.5. The first-order valence-corrected chi connectivity index (χ1v) is 6.17. The third-order valence-corrected chi connectivity index (χ3v) is 2.31. The first-order valence-electron chi connectivity index (χ1n) is 6.17. The maximum Gasteiger partial charge on any atom is 0.320 e. The number of carboxylic acids is 2. The number of hydrogen-bond donors (Lipinski definition) is 6. The van der Waals surface area contributed by atoms with Crippen LogP contribution in [0.1, 0.15) is 32.1 Å². The molecule has 0 saturated carbocycles. The van der Waals surface area contributed by atoms with Crippen LogP contribution >= 0.6 is 0 Å². The largest absolute Gasteiger partial charge is 0.480 e. The van der Waals surface area contributed by atoms with Gasteiger partial charge in [0.1, 0.15) is 12.1 Å². The summed E-state index contributed by atoms with van der Waals surface area (Å²) in [6.45, 7) is 0.604. The Kier molecular flexibility index (Phi) is 18.1. The van der Waals surface area contributed by atoms with Gasteiger partial charge in [0, 0.05) is 25.9 Å². The molecule has 9 nitrogen and oxygen atoms in total. The molecule has 0 aromatic heterocycles. The van der Waals surface area contributed by atoms with Gasteiger partial charge < -0.3 is 33.1 Å². The minimum Gasteiger partial charge on any atom is -0.480 e. The van der Waals surface area contributed by atoms with Gasteiger partial charge in [0.25, 0.3) is 0 Å². The average Bonchev–Trinajstić information content (AvgIpc) is 2.36. The molecule has 0 aliphatic carbocycles. The molecule has 0 aromatic carbocycles. The summed E-state index contributed by atoms with van der Waals surface area (Å²) in [5.41, 5.74) is 20.2. The van der Waals surface area contributed by atoms with Crippen molar-refractivity contribution in [3.63, 3.8) is 0 Å². The Morgan fingerprint density at radius 3 is 1.67 bits per heavy atom. The van der Waals surface area contributed by atoms with E-state index in [1.807, 2.05) is 0 Å². The molecule has 0 bridgehead atoms. The molecule has 0 rings (SSSR count). The summed E-state index contributed by atoms with van der Waals surface area (Å²) < 4.78 is 0.